The molecule has 2 fully saturated rings. The van der Waals surface area contributed by atoms with Gasteiger partial charge in [-0.1, -0.05) is 72.3 Å². The second-order valence-electron chi connectivity index (χ2n) is 16.9. The number of aromatic hydroxyl groups is 1. The number of carbonyl (C=O) groups is 2. The number of allylic oxidation sites excluding steroid dienone is 2. The van der Waals surface area contributed by atoms with Gasteiger partial charge in [0.2, 0.25) is 3.57 Å². The third kappa shape index (κ3) is 10.5. The van der Waals surface area contributed by atoms with Gasteiger partial charge in [-0.2, -0.15) is 0 Å². The van der Waals surface area contributed by atoms with E-state index in [0.29, 0.717) is 39.3 Å². The molecule has 3 aliphatic rings. The predicted molar refractivity (Wildman–Crippen MR) is 185 cm³/mol. The van der Waals surface area contributed by atoms with Gasteiger partial charge in [-0.15, -0.1) is 0 Å². The molecule has 2 N–H and O–H groups in total. The molecular formula is C39H58IO10+. The van der Waals surface area contributed by atoms with Gasteiger partial charge in [-0.3, -0.25) is 9.59 Å². The normalized spacial score (nSPS) is 26.3. The first kappa shape index (κ1) is 40.7. The Morgan fingerprint density at radius 1 is 0.840 bits per heavy atom. The van der Waals surface area contributed by atoms with Crippen molar-refractivity contribution in [2.45, 2.75) is 107 Å². The number of aliphatic hydroxyl groups excluding tert-OH is 1. The van der Waals surface area contributed by atoms with Crippen LogP contribution >= 0.6 is 0 Å². The topological polar surface area (TPSA) is 130 Å². The number of ether oxygens (including phenoxy) is 6. The van der Waals surface area contributed by atoms with Crippen LogP contribution < -0.4 is 22.6 Å². The summed E-state index contributed by atoms with van der Waals surface area (Å²) in [6.07, 6.45) is 3.99. The lowest BCUT2D eigenvalue weighted by molar-refractivity contribution is -0.337. The summed E-state index contributed by atoms with van der Waals surface area (Å²) in [5.41, 5.74) is 2.02. The minimum Gasteiger partial charge on any atom is -0.504 e. The Kier molecular flexibility index (Phi) is 13.3. The molecule has 11 heteroatoms. The van der Waals surface area contributed by atoms with Crippen molar-refractivity contribution in [1.82, 2.24) is 0 Å². The summed E-state index contributed by atoms with van der Waals surface area (Å²) in [5.74, 6) is -0.305. The van der Waals surface area contributed by atoms with Crippen molar-refractivity contribution in [2.75, 3.05) is 39.6 Å². The SMILES string of the molecule is CC1=CC(CCC(=O)OCC(C)(C)C2OCC3(CO2)COC(C(C)(C)COC(=O)CCc2cc(C)c(O)c([IH+])c2)OC3)=CC(C(C)(C)C)C1O. The summed E-state index contributed by atoms with van der Waals surface area (Å²) >= 11 is 1.77. The van der Waals surface area contributed by atoms with Crippen molar-refractivity contribution in [3.8, 4) is 5.75 Å². The number of hydrogen-bond donors (Lipinski definition) is 2. The van der Waals surface area contributed by atoms with Gasteiger partial charge in [0.1, 0.15) is 13.2 Å². The van der Waals surface area contributed by atoms with E-state index in [1.54, 1.807) is 22.6 Å². The van der Waals surface area contributed by atoms with E-state index >= 15 is 0 Å². The zero-order valence-electron chi connectivity index (χ0n) is 31.3. The molecule has 280 valence electrons. The van der Waals surface area contributed by atoms with Crippen molar-refractivity contribution in [2.24, 2.45) is 27.6 Å². The first-order valence-electron chi connectivity index (χ1n) is 17.6. The second kappa shape index (κ2) is 16.3. The molecule has 0 bridgehead atoms. The highest BCUT2D eigenvalue weighted by Crippen LogP contribution is 2.40. The van der Waals surface area contributed by atoms with Gasteiger partial charge < -0.3 is 38.6 Å². The third-order valence-electron chi connectivity index (χ3n) is 9.82. The van der Waals surface area contributed by atoms with E-state index in [0.717, 1.165) is 25.8 Å². The smallest absolute Gasteiger partial charge is 0.306 e. The number of aryl methyl sites for hydroxylation is 2. The molecule has 2 unspecified atom stereocenters. The Morgan fingerprint density at radius 3 is 1.78 bits per heavy atom. The molecule has 0 amide bonds. The molecule has 2 aliphatic heterocycles. The fourth-order valence-corrected chi connectivity index (χ4v) is 7.33. The summed E-state index contributed by atoms with van der Waals surface area (Å²) in [6, 6.07) is 3.79. The maximum absolute atomic E-state index is 12.7. The first-order valence-corrected chi connectivity index (χ1v) is 18.7. The zero-order valence-corrected chi connectivity index (χ0v) is 33.6. The Labute approximate surface area is 311 Å². The molecule has 1 aromatic rings. The minimum atomic E-state index is -0.579. The zero-order chi connectivity index (χ0) is 37.1. The molecule has 1 spiro atoms. The van der Waals surface area contributed by atoms with E-state index in [9.17, 15) is 19.8 Å². The number of halogens is 1. The van der Waals surface area contributed by atoms with Crippen LogP contribution in [0.1, 0.15) is 85.8 Å². The van der Waals surface area contributed by atoms with Gasteiger partial charge in [-0.05, 0) is 54.9 Å². The van der Waals surface area contributed by atoms with E-state index in [4.69, 9.17) is 28.4 Å². The van der Waals surface area contributed by atoms with Gasteiger partial charge >= 0.3 is 34.5 Å². The number of phenols is 1. The van der Waals surface area contributed by atoms with Crippen molar-refractivity contribution in [1.29, 1.82) is 0 Å². The van der Waals surface area contributed by atoms with Crippen LogP contribution in [0.25, 0.3) is 0 Å². The van der Waals surface area contributed by atoms with E-state index < -0.39 is 34.9 Å². The molecule has 10 nitrogen and oxygen atoms in total. The highest BCUT2D eigenvalue weighted by molar-refractivity contribution is 5.70. The molecule has 50 heavy (non-hydrogen) atoms. The number of phenolic OH excluding ortho intramolecular Hbond substituents is 1. The van der Waals surface area contributed by atoms with Crippen LogP contribution in [0.5, 0.6) is 5.75 Å². The number of hydrogen-bond acceptors (Lipinski definition) is 10. The maximum Gasteiger partial charge on any atom is 0.306 e. The Morgan fingerprint density at radius 2 is 1.32 bits per heavy atom. The summed E-state index contributed by atoms with van der Waals surface area (Å²) < 4.78 is 36.8. The molecule has 2 heterocycles. The summed E-state index contributed by atoms with van der Waals surface area (Å²) in [4.78, 5) is 25.3. The van der Waals surface area contributed by atoms with Gasteiger partial charge in [0, 0.05) is 29.6 Å². The molecule has 1 aromatic carbocycles. The monoisotopic (exact) mass is 813 g/mol. The van der Waals surface area contributed by atoms with Gasteiger partial charge in [0.15, 0.2) is 18.3 Å². The van der Waals surface area contributed by atoms with Crippen LogP contribution in [0, 0.1) is 38.1 Å². The molecule has 4 rings (SSSR count). The molecule has 0 aromatic heterocycles. The standard InChI is InChI=1S/C39H57IO10/c1-24-14-26(16-28(32(24)43)36(3,4)5)10-12-30(41)45-18-37(6,7)34-47-20-39(21-48-34)22-49-35(50-23-39)38(8,9)19-46-31(42)13-11-27-15-25(2)33(44)29(40)17-27/h14-17,28,32,34-35,40,43H,10-13,18-23H2,1-9H3/p+1. The predicted octanol–water partition coefficient (Wildman–Crippen LogP) is 2.65. The average Bonchev–Trinajstić information content (AvgIpc) is 3.04. The lowest BCUT2D eigenvalue weighted by atomic mass is 9.72. The van der Waals surface area contributed by atoms with Crippen LogP contribution in [0.4, 0.5) is 0 Å². The molecule has 0 radical (unpaired) electrons. The fraction of sp³-hybridized carbons (Fsp3) is 0.692. The van der Waals surface area contributed by atoms with Crippen molar-refractivity contribution < 1.29 is 70.8 Å². The maximum atomic E-state index is 12.7. The van der Waals surface area contributed by atoms with Crippen molar-refractivity contribution in [3.05, 3.63) is 50.1 Å². The average molecular weight is 814 g/mol. The first-order chi connectivity index (χ1) is 23.2. The number of aliphatic hydroxyl groups is 1. The van der Waals surface area contributed by atoms with Crippen LogP contribution in [-0.2, 0) is 44.4 Å². The van der Waals surface area contributed by atoms with Gasteiger partial charge in [-0.25, -0.2) is 0 Å². The lowest BCUT2D eigenvalue weighted by Crippen LogP contribution is -3.34. The highest BCUT2D eigenvalue weighted by atomic mass is 127. The van der Waals surface area contributed by atoms with Crippen molar-refractivity contribution in [3.63, 3.8) is 0 Å². The van der Waals surface area contributed by atoms with E-state index in [2.05, 4.69) is 26.8 Å². The molecule has 1 aliphatic carbocycles. The largest absolute Gasteiger partial charge is 0.504 e. The van der Waals surface area contributed by atoms with E-state index in [-0.39, 0.29) is 55.1 Å². The number of rotatable bonds is 12. The lowest BCUT2D eigenvalue weighted by Gasteiger charge is -2.48. The Balaban J connectivity index is 1.17. The second-order valence-corrected chi connectivity index (χ2v) is 18.2. The van der Waals surface area contributed by atoms with E-state index in [1.807, 2.05) is 59.8 Å². The quantitative estimate of drug-likeness (QED) is 0.240. The minimum absolute atomic E-state index is 0.00793. The van der Waals surface area contributed by atoms with E-state index in [1.165, 1.54) is 0 Å². The van der Waals surface area contributed by atoms with Crippen molar-refractivity contribution >= 4 is 11.9 Å². The number of carbonyl (C=O) groups excluding carboxylic acids is 2. The number of esters is 2. The summed E-state index contributed by atoms with van der Waals surface area (Å²) in [5, 5.41) is 20.6. The molecule has 2 saturated heterocycles. The summed E-state index contributed by atoms with van der Waals surface area (Å²) in [7, 11) is 0. The van der Waals surface area contributed by atoms with Crippen LogP contribution in [-0.4, -0.2) is 80.5 Å². The highest BCUT2D eigenvalue weighted by Gasteiger charge is 2.48. The summed E-state index contributed by atoms with van der Waals surface area (Å²) in [6.45, 7) is 19.7. The Bertz CT molecular complexity index is 1400. The molecule has 2 atom stereocenters. The van der Waals surface area contributed by atoms with Gasteiger partial charge in [0.05, 0.1) is 37.9 Å². The van der Waals surface area contributed by atoms with Gasteiger partial charge in [0.25, 0.3) is 0 Å². The molecular weight excluding hydrogens is 755 g/mol. The molecule has 0 saturated carbocycles. The third-order valence-corrected chi connectivity index (χ3v) is 10.7. The number of benzene rings is 1. The van der Waals surface area contributed by atoms with Crippen LogP contribution in [0.3, 0.4) is 0 Å². The fourth-order valence-electron chi connectivity index (χ4n) is 6.44. The Hall–Kier alpha value is -2.03. The van der Waals surface area contributed by atoms with Crippen LogP contribution in [0.15, 0.2) is 35.4 Å². The van der Waals surface area contributed by atoms with Crippen LogP contribution in [0.2, 0.25) is 0 Å².